The SMILES string of the molecule is CCOC(=O)C(CCc1ccccc1)CC1(C(=O)NC2(C(=O)O)Cc3ccccc3C2)CCCC1. The first-order chi connectivity index (χ1) is 16.9. The normalized spacial score (nSPS) is 18.4. The third-order valence-electron chi connectivity index (χ3n) is 7.79. The maximum absolute atomic E-state index is 13.8. The van der Waals surface area contributed by atoms with Gasteiger partial charge in [-0.1, -0.05) is 67.4 Å². The van der Waals surface area contributed by atoms with Crippen molar-refractivity contribution in [1.82, 2.24) is 5.32 Å². The summed E-state index contributed by atoms with van der Waals surface area (Å²) in [6, 6.07) is 17.6. The van der Waals surface area contributed by atoms with Crippen LogP contribution in [-0.2, 0) is 38.4 Å². The van der Waals surface area contributed by atoms with Crippen LogP contribution < -0.4 is 5.32 Å². The molecule has 1 atom stereocenters. The van der Waals surface area contributed by atoms with E-state index in [-0.39, 0.29) is 24.7 Å². The quantitative estimate of drug-likeness (QED) is 0.492. The molecule has 0 heterocycles. The number of aryl methyl sites for hydroxylation is 1. The Morgan fingerprint density at radius 3 is 2.14 bits per heavy atom. The Balaban J connectivity index is 1.54. The minimum absolute atomic E-state index is 0.237. The molecule has 0 aromatic heterocycles. The number of hydrogen-bond donors (Lipinski definition) is 2. The zero-order valence-corrected chi connectivity index (χ0v) is 20.4. The number of nitrogens with one attached hydrogen (secondary N) is 1. The van der Waals surface area contributed by atoms with Crippen LogP contribution in [0.15, 0.2) is 54.6 Å². The summed E-state index contributed by atoms with van der Waals surface area (Å²) in [4.78, 5) is 39.2. The van der Waals surface area contributed by atoms with Crippen molar-refractivity contribution in [2.45, 2.75) is 70.3 Å². The summed E-state index contributed by atoms with van der Waals surface area (Å²) < 4.78 is 5.40. The first-order valence-corrected chi connectivity index (χ1v) is 12.7. The van der Waals surface area contributed by atoms with Gasteiger partial charge in [-0.25, -0.2) is 4.79 Å². The van der Waals surface area contributed by atoms with Crippen molar-refractivity contribution in [3.8, 4) is 0 Å². The van der Waals surface area contributed by atoms with Crippen molar-refractivity contribution in [2.24, 2.45) is 11.3 Å². The molecule has 0 radical (unpaired) electrons. The highest BCUT2D eigenvalue weighted by Crippen LogP contribution is 2.45. The van der Waals surface area contributed by atoms with E-state index in [1.165, 1.54) is 0 Å². The van der Waals surface area contributed by atoms with E-state index in [2.05, 4.69) is 5.32 Å². The molecule has 4 rings (SSSR count). The lowest BCUT2D eigenvalue weighted by atomic mass is 9.74. The number of benzene rings is 2. The molecular formula is C29H35NO5. The van der Waals surface area contributed by atoms with Crippen molar-refractivity contribution in [1.29, 1.82) is 0 Å². The fourth-order valence-electron chi connectivity index (χ4n) is 5.85. The summed E-state index contributed by atoms with van der Waals surface area (Å²) in [5.41, 5.74) is 0.955. The maximum Gasteiger partial charge on any atom is 0.330 e. The van der Waals surface area contributed by atoms with Crippen LogP contribution in [0.4, 0.5) is 0 Å². The van der Waals surface area contributed by atoms with Gasteiger partial charge in [0.25, 0.3) is 0 Å². The average molecular weight is 478 g/mol. The molecule has 2 aliphatic rings. The topological polar surface area (TPSA) is 92.7 Å². The molecule has 186 valence electrons. The second-order valence-corrected chi connectivity index (χ2v) is 10.1. The molecular weight excluding hydrogens is 442 g/mol. The molecule has 2 N–H and O–H groups in total. The molecule has 1 unspecified atom stereocenters. The molecule has 1 fully saturated rings. The van der Waals surface area contributed by atoms with E-state index in [1.807, 2.05) is 54.6 Å². The number of carboxylic acids is 1. The highest BCUT2D eigenvalue weighted by molar-refractivity contribution is 5.91. The lowest BCUT2D eigenvalue weighted by Gasteiger charge is -2.35. The van der Waals surface area contributed by atoms with Gasteiger partial charge in [-0.15, -0.1) is 0 Å². The van der Waals surface area contributed by atoms with Crippen molar-refractivity contribution in [3.63, 3.8) is 0 Å². The number of aliphatic carboxylic acids is 1. The number of carbonyl (C=O) groups is 3. The fourth-order valence-corrected chi connectivity index (χ4v) is 5.85. The van der Waals surface area contributed by atoms with Gasteiger partial charge in [-0.3, -0.25) is 9.59 Å². The van der Waals surface area contributed by atoms with Crippen LogP contribution in [0.25, 0.3) is 0 Å². The van der Waals surface area contributed by atoms with E-state index in [9.17, 15) is 19.5 Å². The molecule has 1 saturated carbocycles. The van der Waals surface area contributed by atoms with E-state index in [0.717, 1.165) is 36.0 Å². The summed E-state index contributed by atoms with van der Waals surface area (Å²) in [5, 5.41) is 13.2. The van der Waals surface area contributed by atoms with Gasteiger partial charge in [0.2, 0.25) is 5.91 Å². The first kappa shape index (κ1) is 25.0. The third kappa shape index (κ3) is 5.42. The van der Waals surface area contributed by atoms with Crippen LogP contribution in [0.5, 0.6) is 0 Å². The number of carbonyl (C=O) groups excluding carboxylic acids is 2. The van der Waals surface area contributed by atoms with E-state index < -0.39 is 22.8 Å². The number of hydrogen-bond acceptors (Lipinski definition) is 4. The molecule has 0 bridgehead atoms. The number of esters is 1. The van der Waals surface area contributed by atoms with E-state index in [0.29, 0.717) is 32.3 Å². The third-order valence-corrected chi connectivity index (χ3v) is 7.79. The second-order valence-electron chi connectivity index (χ2n) is 10.1. The maximum atomic E-state index is 13.8. The zero-order valence-electron chi connectivity index (χ0n) is 20.4. The highest BCUT2D eigenvalue weighted by Gasteiger charge is 2.51. The van der Waals surface area contributed by atoms with Crippen LogP contribution in [0.2, 0.25) is 0 Å². The van der Waals surface area contributed by atoms with Crippen molar-refractivity contribution < 1.29 is 24.2 Å². The number of carboxylic acid groups (broad SMARTS) is 1. The molecule has 2 aromatic carbocycles. The van der Waals surface area contributed by atoms with Gasteiger partial charge in [0, 0.05) is 12.8 Å². The standard InChI is InChI=1S/C29H35NO5/c1-2-35-25(31)24(15-14-21-10-4-3-5-11-21)18-28(16-8-9-17-28)26(32)30-29(27(33)34)19-22-12-6-7-13-23(22)20-29/h3-7,10-13,24H,2,8-9,14-20H2,1H3,(H,30,32)(H,33,34). The fraction of sp³-hybridized carbons (Fsp3) is 0.483. The summed E-state index contributed by atoms with van der Waals surface area (Å²) in [5.74, 6) is -1.94. The van der Waals surface area contributed by atoms with E-state index in [1.54, 1.807) is 6.92 Å². The first-order valence-electron chi connectivity index (χ1n) is 12.7. The Hall–Kier alpha value is -3.15. The molecule has 0 spiro atoms. The van der Waals surface area contributed by atoms with Crippen LogP contribution in [0, 0.1) is 11.3 Å². The number of amides is 1. The predicted molar refractivity (Wildman–Crippen MR) is 133 cm³/mol. The molecule has 35 heavy (non-hydrogen) atoms. The molecule has 6 heteroatoms. The Kier molecular flexibility index (Phi) is 7.58. The smallest absolute Gasteiger partial charge is 0.330 e. The van der Waals surface area contributed by atoms with Gasteiger partial charge in [0.1, 0.15) is 5.54 Å². The lowest BCUT2D eigenvalue weighted by Crippen LogP contribution is -2.59. The van der Waals surface area contributed by atoms with Crippen LogP contribution in [-0.4, -0.2) is 35.1 Å². The van der Waals surface area contributed by atoms with Gasteiger partial charge in [-0.05, 0) is 55.7 Å². The Morgan fingerprint density at radius 2 is 1.57 bits per heavy atom. The van der Waals surface area contributed by atoms with Gasteiger partial charge in [0.15, 0.2) is 0 Å². The van der Waals surface area contributed by atoms with Crippen LogP contribution in [0.3, 0.4) is 0 Å². The molecule has 0 saturated heterocycles. The predicted octanol–water partition coefficient (Wildman–Crippen LogP) is 4.49. The summed E-state index contributed by atoms with van der Waals surface area (Å²) in [6.45, 7) is 2.08. The largest absolute Gasteiger partial charge is 0.479 e. The van der Waals surface area contributed by atoms with Crippen LogP contribution in [0.1, 0.15) is 62.1 Å². The Labute approximate surface area is 207 Å². The van der Waals surface area contributed by atoms with Crippen LogP contribution >= 0.6 is 0 Å². The average Bonchev–Trinajstić information content (AvgIpc) is 3.48. The molecule has 6 nitrogen and oxygen atoms in total. The Bertz CT molecular complexity index is 1030. The lowest BCUT2D eigenvalue weighted by molar-refractivity contribution is -0.153. The van der Waals surface area contributed by atoms with E-state index in [4.69, 9.17) is 4.74 Å². The number of ether oxygens (including phenoxy) is 1. The summed E-state index contributed by atoms with van der Waals surface area (Å²) in [7, 11) is 0. The van der Waals surface area contributed by atoms with Gasteiger partial charge >= 0.3 is 11.9 Å². The number of fused-ring (bicyclic) bond motifs is 1. The van der Waals surface area contributed by atoms with Gasteiger partial charge in [0.05, 0.1) is 17.9 Å². The Morgan fingerprint density at radius 1 is 0.971 bits per heavy atom. The molecule has 1 amide bonds. The summed E-state index contributed by atoms with van der Waals surface area (Å²) in [6.07, 6.45) is 5.33. The molecule has 2 aliphatic carbocycles. The van der Waals surface area contributed by atoms with Crippen molar-refractivity contribution in [3.05, 3.63) is 71.3 Å². The van der Waals surface area contributed by atoms with Crippen molar-refractivity contribution in [2.75, 3.05) is 6.61 Å². The minimum Gasteiger partial charge on any atom is -0.479 e. The van der Waals surface area contributed by atoms with E-state index >= 15 is 0 Å². The molecule has 0 aliphatic heterocycles. The summed E-state index contributed by atoms with van der Waals surface area (Å²) >= 11 is 0. The monoisotopic (exact) mass is 477 g/mol. The number of rotatable bonds is 10. The van der Waals surface area contributed by atoms with Gasteiger partial charge < -0.3 is 15.2 Å². The minimum atomic E-state index is -1.35. The second kappa shape index (κ2) is 10.6. The van der Waals surface area contributed by atoms with Gasteiger partial charge in [-0.2, -0.15) is 0 Å². The van der Waals surface area contributed by atoms with Crippen molar-refractivity contribution >= 4 is 17.8 Å². The molecule has 2 aromatic rings. The zero-order chi connectivity index (χ0) is 24.9. The highest BCUT2D eigenvalue weighted by atomic mass is 16.5.